The number of aromatic carboxylic acids is 1. The zero-order chi connectivity index (χ0) is 13.1. The molecule has 18 heavy (non-hydrogen) atoms. The summed E-state index contributed by atoms with van der Waals surface area (Å²) >= 11 is 10.0. The van der Waals surface area contributed by atoms with Crippen LogP contribution in [0.4, 0.5) is 0 Å². The largest absolute Gasteiger partial charge is 0.478 e. The highest BCUT2D eigenvalue weighted by Crippen LogP contribution is 2.33. The molecular formula is C12H8Br2O2S2. The number of halogens is 2. The van der Waals surface area contributed by atoms with E-state index in [1.165, 1.54) is 16.6 Å². The lowest BCUT2D eigenvalue weighted by molar-refractivity contribution is 0.0693. The molecule has 0 spiro atoms. The Morgan fingerprint density at radius 2 is 2.11 bits per heavy atom. The van der Waals surface area contributed by atoms with Gasteiger partial charge in [-0.05, 0) is 45.6 Å². The third-order valence-electron chi connectivity index (χ3n) is 2.22. The van der Waals surface area contributed by atoms with Gasteiger partial charge >= 0.3 is 5.97 Å². The fraction of sp³-hybridized carbons (Fsp3) is 0.0833. The first-order valence-electron chi connectivity index (χ1n) is 4.95. The number of thiophene rings is 1. The van der Waals surface area contributed by atoms with Crippen LogP contribution in [-0.2, 0) is 5.75 Å². The van der Waals surface area contributed by atoms with Gasteiger partial charge in [0.15, 0.2) is 0 Å². The molecular weight excluding hydrogens is 400 g/mol. The first kappa shape index (κ1) is 14.1. The van der Waals surface area contributed by atoms with E-state index in [1.807, 2.05) is 17.5 Å². The molecule has 0 fully saturated rings. The molecule has 2 aromatic rings. The van der Waals surface area contributed by atoms with Gasteiger partial charge in [-0.2, -0.15) is 0 Å². The molecule has 6 heteroatoms. The van der Waals surface area contributed by atoms with E-state index in [9.17, 15) is 4.79 Å². The molecule has 1 aromatic carbocycles. The van der Waals surface area contributed by atoms with Crippen LogP contribution in [0.25, 0.3) is 0 Å². The van der Waals surface area contributed by atoms with E-state index in [0.29, 0.717) is 5.56 Å². The van der Waals surface area contributed by atoms with Crippen molar-refractivity contribution in [2.24, 2.45) is 0 Å². The van der Waals surface area contributed by atoms with Crippen molar-refractivity contribution in [1.29, 1.82) is 0 Å². The highest BCUT2D eigenvalue weighted by atomic mass is 79.9. The van der Waals surface area contributed by atoms with Crippen LogP contribution in [0.5, 0.6) is 0 Å². The van der Waals surface area contributed by atoms with Crippen LogP contribution in [0.15, 0.2) is 43.5 Å². The Balaban J connectivity index is 2.20. The molecule has 1 aromatic heterocycles. The summed E-state index contributed by atoms with van der Waals surface area (Å²) in [5, 5.41) is 11.1. The summed E-state index contributed by atoms with van der Waals surface area (Å²) in [6, 6.07) is 7.21. The minimum absolute atomic E-state index is 0.343. The van der Waals surface area contributed by atoms with Gasteiger partial charge in [-0.3, -0.25) is 0 Å². The molecule has 2 nitrogen and oxygen atoms in total. The van der Waals surface area contributed by atoms with E-state index < -0.39 is 5.97 Å². The summed E-state index contributed by atoms with van der Waals surface area (Å²) in [5.74, 6) is -0.134. The maximum atomic E-state index is 11.1. The maximum Gasteiger partial charge on any atom is 0.336 e. The summed E-state index contributed by atoms with van der Waals surface area (Å²) in [6.45, 7) is 0. The molecule has 0 aliphatic rings. The molecule has 0 atom stereocenters. The molecule has 0 aliphatic carbocycles. The molecule has 0 aliphatic heterocycles. The molecule has 0 bridgehead atoms. The van der Waals surface area contributed by atoms with Gasteiger partial charge in [0.1, 0.15) is 0 Å². The average molecular weight is 408 g/mol. The van der Waals surface area contributed by atoms with E-state index in [1.54, 1.807) is 23.5 Å². The van der Waals surface area contributed by atoms with Crippen LogP contribution in [0.2, 0.25) is 0 Å². The number of carboxylic acid groups (broad SMARTS) is 1. The van der Waals surface area contributed by atoms with Crippen molar-refractivity contribution in [3.63, 3.8) is 0 Å². The Bertz CT molecular complexity index is 581. The molecule has 2 rings (SSSR count). The standard InChI is InChI=1S/C12H8Br2O2S2/c13-7-1-2-8(12(15)16)10(5-7)18-6-11-9(14)3-4-17-11/h1-5H,6H2,(H,15,16). The monoisotopic (exact) mass is 406 g/mol. The molecule has 0 amide bonds. The van der Waals surface area contributed by atoms with Gasteiger partial charge in [0.25, 0.3) is 0 Å². The number of carbonyl (C=O) groups is 1. The van der Waals surface area contributed by atoms with Crippen molar-refractivity contribution >= 4 is 60.9 Å². The first-order valence-corrected chi connectivity index (χ1v) is 8.40. The Morgan fingerprint density at radius 3 is 2.72 bits per heavy atom. The maximum absolute atomic E-state index is 11.1. The smallest absolute Gasteiger partial charge is 0.336 e. The molecule has 1 heterocycles. The predicted octanol–water partition coefficient (Wildman–Crippen LogP) is 5.26. The van der Waals surface area contributed by atoms with E-state index >= 15 is 0 Å². The molecule has 0 saturated carbocycles. The van der Waals surface area contributed by atoms with Crippen LogP contribution in [0.1, 0.15) is 15.2 Å². The van der Waals surface area contributed by atoms with E-state index in [2.05, 4.69) is 31.9 Å². The van der Waals surface area contributed by atoms with Crippen LogP contribution >= 0.6 is 55.0 Å². The van der Waals surface area contributed by atoms with Gasteiger partial charge in [0.2, 0.25) is 0 Å². The summed E-state index contributed by atoms with van der Waals surface area (Å²) in [5.41, 5.74) is 0.343. The molecule has 94 valence electrons. The second kappa shape index (κ2) is 6.23. The number of benzene rings is 1. The predicted molar refractivity (Wildman–Crippen MR) is 82.7 cm³/mol. The summed E-state index contributed by atoms with van der Waals surface area (Å²) in [6.07, 6.45) is 0. The Morgan fingerprint density at radius 1 is 1.33 bits per heavy atom. The Hall–Kier alpha value is -0.300. The second-order valence-electron chi connectivity index (χ2n) is 3.43. The molecule has 1 N–H and O–H groups in total. The van der Waals surface area contributed by atoms with Crippen molar-refractivity contribution < 1.29 is 9.90 Å². The minimum Gasteiger partial charge on any atom is -0.478 e. The van der Waals surface area contributed by atoms with Crippen LogP contribution < -0.4 is 0 Å². The quantitative estimate of drug-likeness (QED) is 0.702. The van der Waals surface area contributed by atoms with Gasteiger partial charge in [-0.1, -0.05) is 15.9 Å². The number of hydrogen-bond donors (Lipinski definition) is 1. The van der Waals surface area contributed by atoms with E-state index in [4.69, 9.17) is 5.11 Å². The first-order chi connectivity index (χ1) is 8.58. The van der Waals surface area contributed by atoms with Crippen molar-refractivity contribution in [3.8, 4) is 0 Å². The zero-order valence-corrected chi connectivity index (χ0v) is 13.8. The van der Waals surface area contributed by atoms with E-state index in [0.717, 1.165) is 19.6 Å². The Labute approximate surface area is 130 Å². The van der Waals surface area contributed by atoms with Crippen LogP contribution in [0.3, 0.4) is 0 Å². The molecule has 0 saturated heterocycles. The lowest BCUT2D eigenvalue weighted by atomic mass is 10.2. The van der Waals surface area contributed by atoms with Gasteiger partial charge in [-0.15, -0.1) is 23.1 Å². The van der Waals surface area contributed by atoms with Gasteiger partial charge in [0.05, 0.1) is 5.56 Å². The lowest BCUT2D eigenvalue weighted by Gasteiger charge is -2.06. The third-order valence-corrected chi connectivity index (χ3v) is 5.91. The third kappa shape index (κ3) is 3.38. The lowest BCUT2D eigenvalue weighted by Crippen LogP contribution is -1.98. The summed E-state index contributed by atoms with van der Waals surface area (Å²) in [4.78, 5) is 13.1. The molecule has 0 radical (unpaired) electrons. The van der Waals surface area contributed by atoms with Gasteiger partial charge in [-0.25, -0.2) is 4.79 Å². The normalized spacial score (nSPS) is 10.6. The minimum atomic E-state index is -0.893. The SMILES string of the molecule is O=C(O)c1ccc(Br)cc1SCc1sccc1Br. The van der Waals surface area contributed by atoms with Crippen LogP contribution in [0, 0.1) is 0 Å². The number of rotatable bonds is 4. The average Bonchev–Trinajstić information content (AvgIpc) is 2.72. The van der Waals surface area contributed by atoms with E-state index in [-0.39, 0.29) is 0 Å². The second-order valence-corrected chi connectivity index (χ2v) is 7.21. The fourth-order valence-electron chi connectivity index (χ4n) is 1.36. The zero-order valence-electron chi connectivity index (χ0n) is 9.02. The van der Waals surface area contributed by atoms with Crippen molar-refractivity contribution in [3.05, 3.63) is 49.0 Å². The highest BCUT2D eigenvalue weighted by molar-refractivity contribution is 9.10. The van der Waals surface area contributed by atoms with Crippen molar-refractivity contribution in [1.82, 2.24) is 0 Å². The van der Waals surface area contributed by atoms with Crippen molar-refractivity contribution in [2.75, 3.05) is 0 Å². The van der Waals surface area contributed by atoms with Crippen LogP contribution in [-0.4, -0.2) is 11.1 Å². The summed E-state index contributed by atoms with van der Waals surface area (Å²) in [7, 11) is 0. The summed E-state index contributed by atoms with van der Waals surface area (Å²) < 4.78 is 1.96. The highest BCUT2D eigenvalue weighted by Gasteiger charge is 2.12. The number of hydrogen-bond acceptors (Lipinski definition) is 3. The fourth-order valence-corrected chi connectivity index (χ4v) is 4.75. The topological polar surface area (TPSA) is 37.3 Å². The van der Waals surface area contributed by atoms with Crippen molar-refractivity contribution in [2.45, 2.75) is 10.6 Å². The van der Waals surface area contributed by atoms with Gasteiger partial charge in [0, 0.05) is 24.5 Å². The molecule has 0 unspecified atom stereocenters. The van der Waals surface area contributed by atoms with Gasteiger partial charge < -0.3 is 5.11 Å². The number of carboxylic acids is 1. The Kier molecular flexibility index (Phi) is 4.89. The number of thioether (sulfide) groups is 1.